The van der Waals surface area contributed by atoms with Gasteiger partial charge in [0.1, 0.15) is 6.04 Å². The first-order valence-corrected chi connectivity index (χ1v) is 9.33. The highest BCUT2D eigenvalue weighted by atomic mass is 35.5. The first kappa shape index (κ1) is 21.2. The first-order valence-electron chi connectivity index (χ1n) is 8.57. The molecule has 0 saturated heterocycles. The Morgan fingerprint density at radius 3 is 2.37 bits per heavy atom. The normalized spacial score (nSPS) is 11.9. The Labute approximate surface area is 169 Å². The van der Waals surface area contributed by atoms with Gasteiger partial charge in [0.25, 0.3) is 5.91 Å². The van der Waals surface area contributed by atoms with Crippen LogP contribution in [0.5, 0.6) is 0 Å². The summed E-state index contributed by atoms with van der Waals surface area (Å²) >= 11 is 12.0. The van der Waals surface area contributed by atoms with Crippen LogP contribution in [0.3, 0.4) is 0 Å². The molecule has 144 valence electrons. The third-order valence-corrected chi connectivity index (χ3v) is 4.83. The van der Waals surface area contributed by atoms with Crippen LogP contribution >= 0.6 is 23.2 Å². The molecular weight excluding hydrogens is 385 g/mol. The highest BCUT2D eigenvalue weighted by Crippen LogP contribution is 2.25. The van der Waals surface area contributed by atoms with Crippen LogP contribution in [0.15, 0.2) is 42.5 Å². The fourth-order valence-corrected chi connectivity index (χ4v) is 2.76. The lowest BCUT2D eigenvalue weighted by molar-refractivity contribution is -0.117. The van der Waals surface area contributed by atoms with Crippen molar-refractivity contribution in [2.45, 2.75) is 19.4 Å². The molecule has 5 nitrogen and oxygen atoms in total. The number of hydrogen-bond acceptors (Lipinski definition) is 3. The molecule has 0 spiro atoms. The molecule has 0 aromatic heterocycles. The number of carbonyl (C=O) groups is 2. The number of nitrogens with one attached hydrogen (secondary N) is 2. The van der Waals surface area contributed by atoms with Crippen molar-refractivity contribution in [3.8, 4) is 0 Å². The molecule has 2 aromatic rings. The molecule has 1 unspecified atom stereocenters. The van der Waals surface area contributed by atoms with E-state index >= 15 is 0 Å². The second-order valence-electron chi connectivity index (χ2n) is 6.54. The van der Waals surface area contributed by atoms with Gasteiger partial charge in [0, 0.05) is 12.2 Å². The van der Waals surface area contributed by atoms with Gasteiger partial charge in [0.15, 0.2) is 0 Å². The average molecular weight is 408 g/mol. The number of likely N-dealkylation sites (N-methyl/N-ethyl adjacent to an activating group) is 1. The standard InChI is InChI=1S/C20H23Cl2N3O2/c1-13(23-20(27)16-5-4-6-17(21)18(16)22)19(26)24-15-9-7-14(8-10-15)11-12-25(2)3/h4-10,13H,11-12H2,1-3H3,(H,23,27)(H,24,26). The first-order chi connectivity index (χ1) is 12.8. The van der Waals surface area contributed by atoms with Crippen LogP contribution in [0.25, 0.3) is 0 Å². The molecule has 2 rings (SSSR count). The second kappa shape index (κ2) is 9.74. The maximum atomic E-state index is 12.3. The Balaban J connectivity index is 1.93. The molecule has 0 saturated carbocycles. The molecule has 27 heavy (non-hydrogen) atoms. The van der Waals surface area contributed by atoms with Gasteiger partial charge in [-0.05, 0) is 57.3 Å². The van der Waals surface area contributed by atoms with E-state index in [0.29, 0.717) is 5.69 Å². The number of halogens is 2. The Hall–Kier alpha value is -2.08. The Morgan fingerprint density at radius 2 is 1.74 bits per heavy atom. The summed E-state index contributed by atoms with van der Waals surface area (Å²) in [5, 5.41) is 5.87. The van der Waals surface area contributed by atoms with Crippen LogP contribution < -0.4 is 10.6 Å². The summed E-state index contributed by atoms with van der Waals surface area (Å²) in [5.74, 6) is -0.772. The van der Waals surface area contributed by atoms with E-state index < -0.39 is 11.9 Å². The molecule has 1 atom stereocenters. The lowest BCUT2D eigenvalue weighted by atomic mass is 10.1. The fourth-order valence-electron chi connectivity index (χ4n) is 2.38. The van der Waals surface area contributed by atoms with Crippen LogP contribution in [0.4, 0.5) is 5.69 Å². The summed E-state index contributed by atoms with van der Waals surface area (Å²) in [4.78, 5) is 26.8. The molecule has 0 aliphatic heterocycles. The van der Waals surface area contributed by atoms with Crippen molar-refractivity contribution in [3.05, 3.63) is 63.6 Å². The van der Waals surface area contributed by atoms with Crippen LogP contribution in [0, 0.1) is 0 Å². The summed E-state index contributed by atoms with van der Waals surface area (Å²) in [7, 11) is 4.06. The number of benzene rings is 2. The fraction of sp³-hybridized carbons (Fsp3) is 0.300. The molecule has 0 bridgehead atoms. The monoisotopic (exact) mass is 407 g/mol. The average Bonchev–Trinajstić information content (AvgIpc) is 2.63. The Bertz CT molecular complexity index is 807. The Morgan fingerprint density at radius 1 is 1.07 bits per heavy atom. The van der Waals surface area contributed by atoms with Gasteiger partial charge in [0.05, 0.1) is 15.6 Å². The lowest BCUT2D eigenvalue weighted by Gasteiger charge is -2.15. The highest BCUT2D eigenvalue weighted by molar-refractivity contribution is 6.43. The van der Waals surface area contributed by atoms with Crippen molar-refractivity contribution >= 4 is 40.7 Å². The van der Waals surface area contributed by atoms with Gasteiger partial charge in [-0.25, -0.2) is 0 Å². The van der Waals surface area contributed by atoms with Crippen LogP contribution in [0.2, 0.25) is 10.0 Å². The lowest BCUT2D eigenvalue weighted by Crippen LogP contribution is -2.41. The van der Waals surface area contributed by atoms with E-state index in [1.165, 1.54) is 5.56 Å². The predicted molar refractivity (Wildman–Crippen MR) is 111 cm³/mol. The predicted octanol–water partition coefficient (Wildman–Crippen LogP) is 3.85. The van der Waals surface area contributed by atoms with Gasteiger partial charge in [-0.3, -0.25) is 9.59 Å². The zero-order valence-electron chi connectivity index (χ0n) is 15.6. The quantitative estimate of drug-likeness (QED) is 0.732. The second-order valence-corrected chi connectivity index (χ2v) is 7.32. The van der Waals surface area contributed by atoms with Crippen LogP contribution in [-0.4, -0.2) is 43.4 Å². The molecule has 2 N–H and O–H groups in total. The van der Waals surface area contributed by atoms with Crippen molar-refractivity contribution < 1.29 is 9.59 Å². The van der Waals surface area contributed by atoms with E-state index in [-0.39, 0.29) is 21.5 Å². The topological polar surface area (TPSA) is 61.4 Å². The molecule has 0 radical (unpaired) electrons. The number of amides is 2. The number of hydrogen-bond donors (Lipinski definition) is 2. The zero-order chi connectivity index (χ0) is 20.0. The van der Waals surface area contributed by atoms with E-state index in [4.69, 9.17) is 23.2 Å². The van der Waals surface area contributed by atoms with E-state index in [2.05, 4.69) is 15.5 Å². The largest absolute Gasteiger partial charge is 0.340 e. The molecule has 2 aromatic carbocycles. The van der Waals surface area contributed by atoms with Gasteiger partial charge in [-0.2, -0.15) is 0 Å². The summed E-state index contributed by atoms with van der Waals surface area (Å²) < 4.78 is 0. The number of rotatable bonds is 7. The number of carbonyl (C=O) groups excluding carboxylic acids is 2. The van der Waals surface area contributed by atoms with Gasteiger partial charge in [-0.15, -0.1) is 0 Å². The van der Waals surface area contributed by atoms with E-state index in [9.17, 15) is 9.59 Å². The molecule has 7 heteroatoms. The van der Waals surface area contributed by atoms with Crippen LogP contribution in [-0.2, 0) is 11.2 Å². The van der Waals surface area contributed by atoms with E-state index in [1.807, 2.05) is 38.4 Å². The van der Waals surface area contributed by atoms with Crippen LogP contribution in [0.1, 0.15) is 22.8 Å². The third kappa shape index (κ3) is 6.24. The minimum atomic E-state index is -0.735. The summed E-state index contributed by atoms with van der Waals surface area (Å²) in [6.45, 7) is 2.57. The molecular formula is C20H23Cl2N3O2. The van der Waals surface area contributed by atoms with Crippen molar-refractivity contribution in [1.82, 2.24) is 10.2 Å². The summed E-state index contributed by atoms with van der Waals surface area (Å²) in [6.07, 6.45) is 0.939. The van der Waals surface area contributed by atoms with Gasteiger partial charge in [0.2, 0.25) is 5.91 Å². The maximum Gasteiger partial charge on any atom is 0.253 e. The SMILES string of the molecule is CC(NC(=O)c1cccc(Cl)c1Cl)C(=O)Nc1ccc(CCN(C)C)cc1. The smallest absolute Gasteiger partial charge is 0.253 e. The molecule has 2 amide bonds. The van der Waals surface area contributed by atoms with Crippen molar-refractivity contribution in [2.75, 3.05) is 26.0 Å². The molecule has 0 heterocycles. The number of anilines is 1. The van der Waals surface area contributed by atoms with Gasteiger partial charge in [-0.1, -0.05) is 41.4 Å². The zero-order valence-corrected chi connectivity index (χ0v) is 17.1. The molecule has 0 fully saturated rings. The van der Waals surface area contributed by atoms with Crippen molar-refractivity contribution in [1.29, 1.82) is 0 Å². The third-order valence-electron chi connectivity index (χ3n) is 4.01. The van der Waals surface area contributed by atoms with E-state index in [1.54, 1.807) is 25.1 Å². The maximum absolute atomic E-state index is 12.3. The number of nitrogens with zero attached hydrogens (tertiary/aromatic N) is 1. The summed E-state index contributed by atoms with van der Waals surface area (Å²) in [5.41, 5.74) is 2.10. The minimum absolute atomic E-state index is 0.164. The molecule has 0 aliphatic carbocycles. The summed E-state index contributed by atoms with van der Waals surface area (Å²) in [6, 6.07) is 11.7. The van der Waals surface area contributed by atoms with Gasteiger partial charge < -0.3 is 15.5 Å². The van der Waals surface area contributed by atoms with Crippen molar-refractivity contribution in [2.24, 2.45) is 0 Å². The minimum Gasteiger partial charge on any atom is -0.340 e. The van der Waals surface area contributed by atoms with Crippen molar-refractivity contribution in [3.63, 3.8) is 0 Å². The van der Waals surface area contributed by atoms with E-state index in [0.717, 1.165) is 13.0 Å². The highest BCUT2D eigenvalue weighted by Gasteiger charge is 2.19. The molecule has 0 aliphatic rings. The Kier molecular flexibility index (Phi) is 7.66. The van der Waals surface area contributed by atoms with Gasteiger partial charge >= 0.3 is 0 Å².